The van der Waals surface area contributed by atoms with Gasteiger partial charge in [-0.2, -0.15) is 11.8 Å². The molecule has 4 amide bonds. The number of phenols is 1. The van der Waals surface area contributed by atoms with Crippen LogP contribution in [-0.2, 0) is 35.2 Å². The molecule has 0 saturated heterocycles. The Kier molecular flexibility index (Phi) is 14.4. The first-order chi connectivity index (χ1) is 18.3. The number of carbonyl (C=O) groups excluding carboxylic acids is 4. The van der Waals surface area contributed by atoms with Crippen LogP contribution in [0, 0.1) is 0 Å². The smallest absolute Gasteiger partial charge is 0.326 e. The summed E-state index contributed by atoms with van der Waals surface area (Å²) in [6, 6.07) is 0.597. The van der Waals surface area contributed by atoms with Crippen molar-refractivity contribution in [3.05, 3.63) is 29.8 Å². The molecule has 1 aromatic carbocycles. The fraction of sp³-hybridized carbons (Fsp3) is 0.500. The van der Waals surface area contributed by atoms with Crippen molar-refractivity contribution in [2.24, 2.45) is 11.5 Å². The first-order valence-corrected chi connectivity index (χ1v) is 13.4. The Morgan fingerprint density at radius 3 is 1.92 bits per heavy atom. The fourth-order valence-corrected chi connectivity index (χ4v) is 3.83. The van der Waals surface area contributed by atoms with Crippen LogP contribution in [0.5, 0.6) is 5.75 Å². The molecule has 39 heavy (non-hydrogen) atoms. The first kappa shape index (κ1) is 33.2. The van der Waals surface area contributed by atoms with Gasteiger partial charge in [-0.15, -0.1) is 0 Å². The standard InChI is InChI=1S/C24H35N5O9S/c1-39-11-10-17(24(37)38)28-22(35)16(7-9-20(32)33)27-23(36)18(12-13-2-4-14(30)5-3-13)29-21(34)15(25)6-8-19(26)31/h2-5,15-18,30H,6-12,25H2,1H3,(H2,26,31)(H,27,36)(H,28,35)(H,29,34)(H,32,33)(H,37,38). The number of nitrogens with one attached hydrogen (secondary N) is 3. The van der Waals surface area contributed by atoms with Gasteiger partial charge in [0.15, 0.2) is 0 Å². The van der Waals surface area contributed by atoms with E-state index in [2.05, 4.69) is 16.0 Å². The van der Waals surface area contributed by atoms with Crippen LogP contribution in [0.25, 0.3) is 0 Å². The number of nitrogens with two attached hydrogens (primary N) is 2. The Labute approximate surface area is 229 Å². The van der Waals surface area contributed by atoms with Crippen molar-refractivity contribution in [3.63, 3.8) is 0 Å². The monoisotopic (exact) mass is 569 g/mol. The van der Waals surface area contributed by atoms with Crippen molar-refractivity contribution < 1.29 is 44.1 Å². The van der Waals surface area contributed by atoms with Gasteiger partial charge >= 0.3 is 11.9 Å². The molecule has 0 heterocycles. The van der Waals surface area contributed by atoms with E-state index in [-0.39, 0.29) is 37.9 Å². The van der Waals surface area contributed by atoms with Gasteiger partial charge in [-0.05, 0) is 49.0 Å². The number of benzene rings is 1. The molecule has 10 N–H and O–H groups in total. The SMILES string of the molecule is CSCCC(NC(=O)C(CCC(=O)O)NC(=O)C(Cc1ccc(O)cc1)NC(=O)C(N)CCC(N)=O)C(=O)O. The minimum Gasteiger partial charge on any atom is -0.508 e. The lowest BCUT2D eigenvalue weighted by Gasteiger charge is -2.25. The Balaban J connectivity index is 3.14. The van der Waals surface area contributed by atoms with E-state index in [1.54, 1.807) is 6.26 Å². The second-order valence-corrected chi connectivity index (χ2v) is 9.70. The summed E-state index contributed by atoms with van der Waals surface area (Å²) in [5.41, 5.74) is 11.4. The van der Waals surface area contributed by atoms with Crippen molar-refractivity contribution in [1.82, 2.24) is 16.0 Å². The number of carboxylic acid groups (broad SMARTS) is 2. The highest BCUT2D eigenvalue weighted by Crippen LogP contribution is 2.12. The molecule has 0 bridgehead atoms. The van der Waals surface area contributed by atoms with E-state index in [4.69, 9.17) is 16.6 Å². The second kappa shape index (κ2) is 16.9. The number of hydrogen-bond donors (Lipinski definition) is 8. The Morgan fingerprint density at radius 2 is 1.38 bits per heavy atom. The minimum atomic E-state index is -1.42. The van der Waals surface area contributed by atoms with Gasteiger partial charge in [0.05, 0.1) is 6.04 Å². The Morgan fingerprint density at radius 1 is 0.821 bits per heavy atom. The van der Waals surface area contributed by atoms with Crippen LogP contribution in [0.15, 0.2) is 24.3 Å². The molecule has 0 aliphatic heterocycles. The number of rotatable bonds is 18. The van der Waals surface area contributed by atoms with E-state index in [0.717, 1.165) is 0 Å². The van der Waals surface area contributed by atoms with Gasteiger partial charge in [-0.25, -0.2) is 4.79 Å². The van der Waals surface area contributed by atoms with Gasteiger partial charge in [0.2, 0.25) is 23.6 Å². The van der Waals surface area contributed by atoms with Crippen molar-refractivity contribution >= 4 is 47.3 Å². The summed E-state index contributed by atoms with van der Waals surface area (Å²) in [4.78, 5) is 72.5. The third kappa shape index (κ3) is 13.0. The third-order valence-corrected chi connectivity index (χ3v) is 6.20. The van der Waals surface area contributed by atoms with Crippen LogP contribution >= 0.6 is 11.8 Å². The normalized spacial score (nSPS) is 13.8. The highest BCUT2D eigenvalue weighted by molar-refractivity contribution is 7.98. The largest absolute Gasteiger partial charge is 0.508 e. The summed E-state index contributed by atoms with van der Waals surface area (Å²) < 4.78 is 0. The van der Waals surface area contributed by atoms with E-state index in [1.165, 1.54) is 36.0 Å². The highest BCUT2D eigenvalue weighted by atomic mass is 32.2. The molecule has 1 aromatic rings. The number of phenolic OH excluding ortho intramolecular Hbond substituents is 1. The fourth-order valence-electron chi connectivity index (χ4n) is 3.36. The van der Waals surface area contributed by atoms with E-state index >= 15 is 0 Å². The van der Waals surface area contributed by atoms with Crippen molar-refractivity contribution in [3.8, 4) is 5.75 Å². The summed E-state index contributed by atoms with van der Waals surface area (Å²) in [5.74, 6) is -5.33. The molecule has 216 valence electrons. The molecule has 0 saturated carbocycles. The van der Waals surface area contributed by atoms with Gasteiger partial charge in [-0.3, -0.25) is 24.0 Å². The summed E-state index contributed by atoms with van der Waals surface area (Å²) in [5, 5.41) is 35.2. The predicted molar refractivity (Wildman–Crippen MR) is 142 cm³/mol. The van der Waals surface area contributed by atoms with Crippen LogP contribution in [0.4, 0.5) is 0 Å². The number of primary amides is 1. The lowest BCUT2D eigenvalue weighted by molar-refractivity contribution is -0.143. The van der Waals surface area contributed by atoms with Crippen molar-refractivity contribution in [2.75, 3.05) is 12.0 Å². The first-order valence-electron chi connectivity index (χ1n) is 12.0. The summed E-state index contributed by atoms with van der Waals surface area (Å²) in [6.07, 6.45) is 0.670. The van der Waals surface area contributed by atoms with Crippen LogP contribution in [-0.4, -0.2) is 87.1 Å². The number of aromatic hydroxyl groups is 1. The van der Waals surface area contributed by atoms with Crippen LogP contribution < -0.4 is 27.4 Å². The number of carbonyl (C=O) groups is 6. The van der Waals surface area contributed by atoms with Gasteiger partial charge in [0.25, 0.3) is 0 Å². The lowest BCUT2D eigenvalue weighted by atomic mass is 10.0. The summed E-state index contributed by atoms with van der Waals surface area (Å²) >= 11 is 1.37. The molecule has 0 aliphatic rings. The quantitative estimate of drug-likeness (QED) is 0.103. The Bertz CT molecular complexity index is 1020. The second-order valence-electron chi connectivity index (χ2n) is 8.72. The molecular formula is C24H35N5O9S. The molecule has 0 spiro atoms. The third-order valence-electron chi connectivity index (χ3n) is 5.55. The Hall–Kier alpha value is -3.85. The molecule has 14 nitrogen and oxygen atoms in total. The topological polar surface area (TPSA) is 251 Å². The number of hydrogen-bond acceptors (Lipinski definition) is 9. The van der Waals surface area contributed by atoms with Gasteiger partial charge in [0.1, 0.15) is 23.9 Å². The average Bonchev–Trinajstić information content (AvgIpc) is 2.87. The van der Waals surface area contributed by atoms with Crippen molar-refractivity contribution in [2.45, 2.75) is 62.7 Å². The molecule has 4 unspecified atom stereocenters. The highest BCUT2D eigenvalue weighted by Gasteiger charge is 2.31. The van der Waals surface area contributed by atoms with E-state index in [9.17, 15) is 39.0 Å². The van der Waals surface area contributed by atoms with E-state index < -0.39 is 66.2 Å². The molecule has 0 fully saturated rings. The maximum absolute atomic E-state index is 13.3. The molecule has 0 aliphatic carbocycles. The van der Waals surface area contributed by atoms with Gasteiger partial charge in [0, 0.05) is 19.3 Å². The number of amides is 4. The summed E-state index contributed by atoms with van der Waals surface area (Å²) in [7, 11) is 0. The molecule has 1 rings (SSSR count). The van der Waals surface area contributed by atoms with E-state index in [1.807, 2.05) is 0 Å². The minimum absolute atomic E-state index is 0.0304. The summed E-state index contributed by atoms with van der Waals surface area (Å²) in [6.45, 7) is 0. The zero-order chi connectivity index (χ0) is 29.5. The zero-order valence-electron chi connectivity index (χ0n) is 21.4. The molecule has 15 heteroatoms. The predicted octanol–water partition coefficient (Wildman–Crippen LogP) is -1.32. The van der Waals surface area contributed by atoms with Gasteiger partial charge in [-0.1, -0.05) is 12.1 Å². The number of thioether (sulfide) groups is 1. The van der Waals surface area contributed by atoms with E-state index in [0.29, 0.717) is 11.3 Å². The number of aliphatic carboxylic acids is 2. The molecule has 0 aromatic heterocycles. The number of carboxylic acids is 2. The maximum atomic E-state index is 13.3. The zero-order valence-corrected chi connectivity index (χ0v) is 22.2. The maximum Gasteiger partial charge on any atom is 0.326 e. The molecule has 4 atom stereocenters. The molecular weight excluding hydrogens is 534 g/mol. The molecule has 0 radical (unpaired) electrons. The van der Waals surface area contributed by atoms with Gasteiger partial charge < -0.3 is 42.7 Å². The van der Waals surface area contributed by atoms with Crippen LogP contribution in [0.2, 0.25) is 0 Å². The average molecular weight is 570 g/mol. The van der Waals surface area contributed by atoms with Crippen molar-refractivity contribution in [1.29, 1.82) is 0 Å². The lowest BCUT2D eigenvalue weighted by Crippen LogP contribution is -2.57. The van der Waals surface area contributed by atoms with Crippen LogP contribution in [0.3, 0.4) is 0 Å². The van der Waals surface area contributed by atoms with Crippen LogP contribution in [0.1, 0.15) is 37.7 Å².